The fraction of sp³-hybridized carbons (Fsp3) is 0.308. The van der Waals surface area contributed by atoms with Crippen LogP contribution in [0.2, 0.25) is 0 Å². The second kappa shape index (κ2) is 5.60. The van der Waals surface area contributed by atoms with E-state index in [9.17, 15) is 10.1 Å². The highest BCUT2D eigenvalue weighted by atomic mass is 16.6. The monoisotopic (exact) mass is 276 g/mol. The standard InChI is InChI=1S/C13H16N4O3/c1-4-10-12(8-16(2)15-10)14-11-6-5-9(20-3)7-13(11)17(18)19/h5-8,14H,4H2,1-3H3. The first-order valence-corrected chi connectivity index (χ1v) is 6.17. The Labute approximate surface area is 116 Å². The summed E-state index contributed by atoms with van der Waals surface area (Å²) in [7, 11) is 3.29. The summed E-state index contributed by atoms with van der Waals surface area (Å²) in [5.74, 6) is 0.448. The SMILES string of the molecule is CCc1nn(C)cc1Nc1ccc(OC)cc1[N+](=O)[O-]. The number of hydrogen-bond acceptors (Lipinski definition) is 5. The molecule has 0 saturated heterocycles. The van der Waals surface area contributed by atoms with Gasteiger partial charge in [0.15, 0.2) is 0 Å². The average molecular weight is 276 g/mol. The molecule has 0 saturated carbocycles. The van der Waals surface area contributed by atoms with E-state index in [1.54, 1.807) is 23.0 Å². The van der Waals surface area contributed by atoms with Crippen LogP contribution in [0.1, 0.15) is 12.6 Å². The lowest BCUT2D eigenvalue weighted by molar-refractivity contribution is -0.384. The average Bonchev–Trinajstić information content (AvgIpc) is 2.79. The number of nitro groups is 1. The number of methoxy groups -OCH3 is 1. The first-order valence-electron chi connectivity index (χ1n) is 6.17. The number of aryl methyl sites for hydroxylation is 2. The van der Waals surface area contributed by atoms with Gasteiger partial charge in [0.2, 0.25) is 0 Å². The van der Waals surface area contributed by atoms with E-state index in [4.69, 9.17) is 4.74 Å². The molecule has 0 bridgehead atoms. The lowest BCUT2D eigenvalue weighted by Crippen LogP contribution is -1.99. The van der Waals surface area contributed by atoms with Crippen LogP contribution in [0.5, 0.6) is 5.75 Å². The molecule has 1 aromatic heterocycles. The van der Waals surface area contributed by atoms with Crippen molar-refractivity contribution in [1.29, 1.82) is 0 Å². The van der Waals surface area contributed by atoms with Crippen molar-refractivity contribution >= 4 is 17.1 Å². The van der Waals surface area contributed by atoms with Crippen molar-refractivity contribution in [3.8, 4) is 5.75 Å². The van der Waals surface area contributed by atoms with Gasteiger partial charge in [-0.25, -0.2) is 0 Å². The highest BCUT2D eigenvalue weighted by Gasteiger charge is 2.17. The Morgan fingerprint density at radius 1 is 1.45 bits per heavy atom. The summed E-state index contributed by atoms with van der Waals surface area (Å²) in [5, 5.41) is 18.5. The molecule has 1 heterocycles. The Morgan fingerprint density at radius 2 is 2.20 bits per heavy atom. The lowest BCUT2D eigenvalue weighted by Gasteiger charge is -2.07. The molecule has 0 aliphatic carbocycles. The van der Waals surface area contributed by atoms with Gasteiger partial charge in [0.1, 0.15) is 11.4 Å². The molecule has 0 fully saturated rings. The minimum atomic E-state index is -0.438. The minimum absolute atomic E-state index is 0.0322. The van der Waals surface area contributed by atoms with Crippen molar-refractivity contribution in [2.75, 3.05) is 12.4 Å². The maximum Gasteiger partial charge on any atom is 0.296 e. The lowest BCUT2D eigenvalue weighted by atomic mass is 10.2. The smallest absolute Gasteiger partial charge is 0.296 e. The minimum Gasteiger partial charge on any atom is -0.496 e. The number of nitrogens with one attached hydrogen (secondary N) is 1. The molecule has 1 aromatic carbocycles. The molecule has 0 aliphatic rings. The molecule has 7 heteroatoms. The predicted molar refractivity (Wildman–Crippen MR) is 75.5 cm³/mol. The maximum atomic E-state index is 11.1. The third-order valence-electron chi connectivity index (χ3n) is 2.91. The second-order valence-corrected chi connectivity index (χ2v) is 4.28. The van der Waals surface area contributed by atoms with Gasteiger partial charge < -0.3 is 10.1 Å². The van der Waals surface area contributed by atoms with E-state index in [0.29, 0.717) is 11.4 Å². The zero-order valence-corrected chi connectivity index (χ0v) is 11.6. The van der Waals surface area contributed by atoms with Crippen LogP contribution in [0.3, 0.4) is 0 Å². The summed E-state index contributed by atoms with van der Waals surface area (Å²) in [6.07, 6.45) is 2.54. The molecule has 1 N–H and O–H groups in total. The van der Waals surface area contributed by atoms with Gasteiger partial charge in [0, 0.05) is 13.2 Å². The molecular formula is C13H16N4O3. The van der Waals surface area contributed by atoms with Crippen LogP contribution in [0.15, 0.2) is 24.4 Å². The predicted octanol–water partition coefficient (Wildman–Crippen LogP) is 2.64. The summed E-state index contributed by atoms with van der Waals surface area (Å²) in [4.78, 5) is 10.7. The quantitative estimate of drug-likeness (QED) is 0.670. The Bertz CT molecular complexity index is 637. The molecule has 0 unspecified atom stereocenters. The van der Waals surface area contributed by atoms with E-state index in [-0.39, 0.29) is 5.69 Å². The molecule has 0 aliphatic heterocycles. The summed E-state index contributed by atoms with van der Waals surface area (Å²) >= 11 is 0. The molecule has 0 amide bonds. The van der Waals surface area contributed by atoms with E-state index in [2.05, 4.69) is 10.4 Å². The fourth-order valence-electron chi connectivity index (χ4n) is 1.94. The van der Waals surface area contributed by atoms with Crippen LogP contribution in [-0.2, 0) is 13.5 Å². The Kier molecular flexibility index (Phi) is 3.88. The number of nitro benzene ring substituents is 1. The van der Waals surface area contributed by atoms with Crippen molar-refractivity contribution in [2.24, 2.45) is 7.05 Å². The maximum absolute atomic E-state index is 11.1. The molecular weight excluding hydrogens is 260 g/mol. The van der Waals surface area contributed by atoms with Crippen molar-refractivity contribution in [1.82, 2.24) is 9.78 Å². The number of hydrogen-bond donors (Lipinski definition) is 1. The Morgan fingerprint density at radius 3 is 2.80 bits per heavy atom. The summed E-state index contributed by atoms with van der Waals surface area (Å²) in [6.45, 7) is 1.98. The third kappa shape index (κ3) is 2.71. The van der Waals surface area contributed by atoms with Gasteiger partial charge in [0.05, 0.1) is 29.5 Å². The normalized spacial score (nSPS) is 10.3. The number of nitrogens with zero attached hydrogens (tertiary/aromatic N) is 3. The van der Waals surface area contributed by atoms with Gasteiger partial charge in [-0.2, -0.15) is 5.10 Å². The molecule has 7 nitrogen and oxygen atoms in total. The fourth-order valence-corrected chi connectivity index (χ4v) is 1.94. The first kappa shape index (κ1) is 13.9. The highest BCUT2D eigenvalue weighted by molar-refractivity contribution is 5.71. The molecule has 106 valence electrons. The molecule has 20 heavy (non-hydrogen) atoms. The van der Waals surface area contributed by atoms with Crippen LogP contribution < -0.4 is 10.1 Å². The van der Waals surface area contributed by atoms with Gasteiger partial charge in [-0.15, -0.1) is 0 Å². The van der Waals surface area contributed by atoms with Gasteiger partial charge in [-0.05, 0) is 18.6 Å². The van der Waals surface area contributed by atoms with Gasteiger partial charge in [0.25, 0.3) is 5.69 Å². The van der Waals surface area contributed by atoms with Crippen molar-refractivity contribution in [2.45, 2.75) is 13.3 Å². The Balaban J connectivity index is 2.39. The summed E-state index contributed by atoms with van der Waals surface area (Å²) in [5.41, 5.74) is 2.01. The van der Waals surface area contributed by atoms with Gasteiger partial charge >= 0.3 is 0 Å². The highest BCUT2D eigenvalue weighted by Crippen LogP contribution is 2.32. The number of anilines is 2. The Hall–Kier alpha value is -2.57. The van der Waals surface area contributed by atoms with Crippen molar-refractivity contribution < 1.29 is 9.66 Å². The van der Waals surface area contributed by atoms with E-state index >= 15 is 0 Å². The zero-order chi connectivity index (χ0) is 14.7. The summed E-state index contributed by atoms with van der Waals surface area (Å²) < 4.78 is 6.69. The zero-order valence-electron chi connectivity index (χ0n) is 11.6. The number of aromatic nitrogens is 2. The van der Waals surface area contributed by atoms with Crippen LogP contribution in [0, 0.1) is 10.1 Å². The van der Waals surface area contributed by atoms with E-state index < -0.39 is 4.92 Å². The molecule has 2 rings (SSSR count). The molecule has 0 radical (unpaired) electrons. The first-order chi connectivity index (χ1) is 9.55. The van der Waals surface area contributed by atoms with Crippen LogP contribution in [0.25, 0.3) is 0 Å². The van der Waals surface area contributed by atoms with E-state index in [0.717, 1.165) is 17.8 Å². The van der Waals surface area contributed by atoms with E-state index in [1.165, 1.54) is 13.2 Å². The van der Waals surface area contributed by atoms with Gasteiger partial charge in [-0.3, -0.25) is 14.8 Å². The molecule has 0 atom stereocenters. The topological polar surface area (TPSA) is 82.2 Å². The summed E-state index contributed by atoms with van der Waals surface area (Å²) in [6, 6.07) is 4.70. The molecule has 0 spiro atoms. The van der Waals surface area contributed by atoms with E-state index in [1.807, 2.05) is 14.0 Å². The molecule has 2 aromatic rings. The van der Waals surface area contributed by atoms with Gasteiger partial charge in [-0.1, -0.05) is 6.92 Å². The van der Waals surface area contributed by atoms with Crippen molar-refractivity contribution in [3.63, 3.8) is 0 Å². The third-order valence-corrected chi connectivity index (χ3v) is 2.91. The second-order valence-electron chi connectivity index (χ2n) is 4.28. The number of benzene rings is 1. The largest absolute Gasteiger partial charge is 0.496 e. The van der Waals surface area contributed by atoms with Crippen LogP contribution in [0.4, 0.5) is 17.1 Å². The number of ether oxygens (including phenoxy) is 1. The van der Waals surface area contributed by atoms with Crippen LogP contribution >= 0.6 is 0 Å². The van der Waals surface area contributed by atoms with Crippen molar-refractivity contribution in [3.05, 3.63) is 40.2 Å². The van der Waals surface area contributed by atoms with Crippen LogP contribution in [-0.4, -0.2) is 21.8 Å². The number of rotatable bonds is 5.